The molecule has 0 aromatic heterocycles. The van der Waals surface area contributed by atoms with Crippen LogP contribution in [0.15, 0.2) is 30.3 Å². The van der Waals surface area contributed by atoms with E-state index in [1.807, 2.05) is 30.3 Å². The van der Waals surface area contributed by atoms with E-state index in [1.165, 1.54) is 5.56 Å². The van der Waals surface area contributed by atoms with E-state index >= 15 is 0 Å². The van der Waals surface area contributed by atoms with Crippen molar-refractivity contribution in [3.8, 4) is 0 Å². The van der Waals surface area contributed by atoms with Gasteiger partial charge in [-0.3, -0.25) is 0 Å². The van der Waals surface area contributed by atoms with Gasteiger partial charge < -0.3 is 14.2 Å². The van der Waals surface area contributed by atoms with E-state index in [0.29, 0.717) is 38.6 Å². The molecule has 0 aliphatic carbocycles. The second kappa shape index (κ2) is 9.78. The molecule has 0 bridgehead atoms. The third-order valence-corrected chi connectivity index (χ3v) is 2.26. The first kappa shape index (κ1) is 13.6. The maximum Gasteiger partial charge on any atom is 0.102 e. The van der Waals surface area contributed by atoms with E-state index in [2.05, 4.69) is 15.9 Å². The summed E-state index contributed by atoms with van der Waals surface area (Å²) in [5.41, 5.74) is 1.74. The first-order valence-corrected chi connectivity index (χ1v) is 6.39. The van der Waals surface area contributed by atoms with Gasteiger partial charge in [-0.15, -0.1) is 0 Å². The SMILES string of the molecule is BrCOCCOCCOCc1ccccc1. The standard InChI is InChI=1S/C12H17BrO3/c13-11-16-9-7-14-6-8-15-10-12-4-2-1-3-5-12/h1-5H,6-11H2. The lowest BCUT2D eigenvalue weighted by atomic mass is 10.2. The van der Waals surface area contributed by atoms with Gasteiger partial charge in [-0.05, 0) is 5.56 Å². The molecule has 0 heterocycles. The highest BCUT2D eigenvalue weighted by Crippen LogP contribution is 1.99. The van der Waals surface area contributed by atoms with Crippen molar-refractivity contribution in [2.24, 2.45) is 0 Å². The van der Waals surface area contributed by atoms with E-state index in [1.54, 1.807) is 0 Å². The van der Waals surface area contributed by atoms with Crippen LogP contribution in [0.1, 0.15) is 5.56 Å². The Labute approximate surface area is 105 Å². The monoisotopic (exact) mass is 288 g/mol. The van der Waals surface area contributed by atoms with Gasteiger partial charge in [0.2, 0.25) is 0 Å². The summed E-state index contributed by atoms with van der Waals surface area (Å²) in [6, 6.07) is 10.1. The summed E-state index contributed by atoms with van der Waals surface area (Å²) in [4.78, 5) is 0. The van der Waals surface area contributed by atoms with Crippen molar-refractivity contribution >= 4 is 15.9 Å². The van der Waals surface area contributed by atoms with Gasteiger partial charge >= 0.3 is 0 Å². The van der Waals surface area contributed by atoms with E-state index in [9.17, 15) is 0 Å². The van der Waals surface area contributed by atoms with Crippen molar-refractivity contribution < 1.29 is 14.2 Å². The second-order valence-corrected chi connectivity index (χ2v) is 3.63. The van der Waals surface area contributed by atoms with E-state index in [4.69, 9.17) is 14.2 Å². The molecule has 0 aliphatic rings. The second-order valence-electron chi connectivity index (χ2n) is 3.17. The zero-order chi connectivity index (χ0) is 11.5. The molecule has 0 aliphatic heterocycles. The van der Waals surface area contributed by atoms with Gasteiger partial charge in [0, 0.05) is 0 Å². The van der Waals surface area contributed by atoms with Gasteiger partial charge in [0.25, 0.3) is 0 Å². The number of benzene rings is 1. The molecule has 3 nitrogen and oxygen atoms in total. The minimum Gasteiger partial charge on any atom is -0.377 e. The Balaban J connectivity index is 1.89. The van der Waals surface area contributed by atoms with Crippen LogP contribution >= 0.6 is 15.9 Å². The summed E-state index contributed by atoms with van der Waals surface area (Å²) >= 11 is 3.17. The van der Waals surface area contributed by atoms with Crippen molar-refractivity contribution in [1.82, 2.24) is 0 Å². The van der Waals surface area contributed by atoms with Crippen LogP contribution in [-0.2, 0) is 20.8 Å². The molecule has 1 aromatic carbocycles. The molecule has 0 spiro atoms. The van der Waals surface area contributed by atoms with Gasteiger partial charge in [-0.25, -0.2) is 0 Å². The lowest BCUT2D eigenvalue weighted by molar-refractivity contribution is 0.0184. The van der Waals surface area contributed by atoms with E-state index < -0.39 is 0 Å². The number of alkyl halides is 1. The van der Waals surface area contributed by atoms with Crippen molar-refractivity contribution in [3.05, 3.63) is 35.9 Å². The lowest BCUT2D eigenvalue weighted by Crippen LogP contribution is -2.08. The highest BCUT2D eigenvalue weighted by atomic mass is 79.9. The van der Waals surface area contributed by atoms with Gasteiger partial charge in [0.15, 0.2) is 0 Å². The van der Waals surface area contributed by atoms with Crippen LogP contribution in [0.25, 0.3) is 0 Å². The van der Waals surface area contributed by atoms with Crippen LogP contribution < -0.4 is 0 Å². The predicted molar refractivity (Wildman–Crippen MR) is 66.7 cm³/mol. The first-order chi connectivity index (χ1) is 7.93. The smallest absolute Gasteiger partial charge is 0.102 e. The number of hydrogen-bond donors (Lipinski definition) is 0. The highest BCUT2D eigenvalue weighted by molar-refractivity contribution is 9.09. The molecule has 0 amide bonds. The van der Waals surface area contributed by atoms with Crippen LogP contribution in [0.2, 0.25) is 0 Å². The zero-order valence-corrected chi connectivity index (χ0v) is 10.8. The minimum absolute atomic E-state index is 0.556. The number of ether oxygens (including phenoxy) is 3. The molecule has 0 N–H and O–H groups in total. The molecule has 0 unspecified atom stereocenters. The lowest BCUT2D eigenvalue weighted by Gasteiger charge is -2.05. The zero-order valence-electron chi connectivity index (χ0n) is 9.23. The van der Waals surface area contributed by atoms with Crippen LogP contribution in [0.4, 0.5) is 0 Å². The third kappa shape index (κ3) is 6.95. The summed E-state index contributed by atoms with van der Waals surface area (Å²) < 4.78 is 15.8. The summed E-state index contributed by atoms with van der Waals surface area (Å²) in [5, 5.41) is 0. The van der Waals surface area contributed by atoms with Crippen molar-refractivity contribution in [2.45, 2.75) is 6.61 Å². The molecule has 90 valence electrons. The van der Waals surface area contributed by atoms with Crippen LogP contribution in [0.3, 0.4) is 0 Å². The molecule has 0 radical (unpaired) electrons. The van der Waals surface area contributed by atoms with Crippen molar-refractivity contribution in [2.75, 3.05) is 31.9 Å². The Bertz CT molecular complexity index is 254. The molecule has 0 saturated heterocycles. The molecular formula is C12H17BrO3. The fourth-order valence-electron chi connectivity index (χ4n) is 1.16. The van der Waals surface area contributed by atoms with Crippen LogP contribution in [0, 0.1) is 0 Å². The molecular weight excluding hydrogens is 272 g/mol. The average Bonchev–Trinajstić information content (AvgIpc) is 2.34. The fraction of sp³-hybridized carbons (Fsp3) is 0.500. The molecule has 1 aromatic rings. The Morgan fingerprint density at radius 2 is 1.44 bits per heavy atom. The quantitative estimate of drug-likeness (QED) is 0.516. The van der Waals surface area contributed by atoms with Gasteiger partial charge in [-0.1, -0.05) is 46.3 Å². The molecule has 0 saturated carbocycles. The number of halogens is 1. The van der Waals surface area contributed by atoms with E-state index in [-0.39, 0.29) is 0 Å². The Morgan fingerprint density at radius 3 is 2.12 bits per heavy atom. The Hall–Kier alpha value is -0.420. The molecule has 0 atom stereocenters. The predicted octanol–water partition coefficient (Wildman–Crippen LogP) is 2.59. The van der Waals surface area contributed by atoms with Gasteiger partial charge in [0.05, 0.1) is 33.0 Å². The van der Waals surface area contributed by atoms with Crippen molar-refractivity contribution in [1.29, 1.82) is 0 Å². The number of rotatable bonds is 9. The topological polar surface area (TPSA) is 27.7 Å². The molecule has 16 heavy (non-hydrogen) atoms. The average molecular weight is 289 g/mol. The van der Waals surface area contributed by atoms with Crippen LogP contribution in [-0.4, -0.2) is 31.9 Å². The molecule has 1 rings (SSSR count). The maximum absolute atomic E-state index is 5.45. The maximum atomic E-state index is 5.45. The summed E-state index contributed by atoms with van der Waals surface area (Å²) in [6.45, 7) is 3.09. The van der Waals surface area contributed by atoms with Gasteiger partial charge in [-0.2, -0.15) is 0 Å². The minimum atomic E-state index is 0.556. The molecule has 4 heteroatoms. The summed E-state index contributed by atoms with van der Waals surface area (Å²) in [7, 11) is 0. The third-order valence-electron chi connectivity index (χ3n) is 1.93. The number of hydrogen-bond acceptors (Lipinski definition) is 3. The normalized spacial score (nSPS) is 10.6. The fourth-order valence-corrected chi connectivity index (χ4v) is 1.39. The Morgan fingerprint density at radius 1 is 0.812 bits per heavy atom. The summed E-state index contributed by atoms with van der Waals surface area (Å²) in [6.07, 6.45) is 0. The highest BCUT2D eigenvalue weighted by Gasteiger charge is 1.92. The Kier molecular flexibility index (Phi) is 8.34. The summed E-state index contributed by atoms with van der Waals surface area (Å²) in [5.74, 6) is 0. The van der Waals surface area contributed by atoms with Crippen LogP contribution in [0.5, 0.6) is 0 Å². The first-order valence-electron chi connectivity index (χ1n) is 5.26. The van der Waals surface area contributed by atoms with E-state index in [0.717, 1.165) is 0 Å². The largest absolute Gasteiger partial charge is 0.377 e. The van der Waals surface area contributed by atoms with Gasteiger partial charge in [0.1, 0.15) is 5.52 Å². The molecule has 0 fully saturated rings. The van der Waals surface area contributed by atoms with Crippen molar-refractivity contribution in [3.63, 3.8) is 0 Å².